The minimum absolute atomic E-state index is 0.114. The van der Waals surface area contributed by atoms with Crippen LogP contribution in [0.1, 0.15) is 34.6 Å². The molecule has 0 spiro atoms. The molecular formula is C16H17ClN2OS. The summed E-state index contributed by atoms with van der Waals surface area (Å²) in [7, 11) is 0. The van der Waals surface area contributed by atoms with E-state index in [1.54, 1.807) is 0 Å². The van der Waals surface area contributed by atoms with Gasteiger partial charge in [-0.1, -0.05) is 29.8 Å². The van der Waals surface area contributed by atoms with Crippen molar-refractivity contribution in [2.24, 2.45) is 0 Å². The van der Waals surface area contributed by atoms with Gasteiger partial charge in [-0.05, 0) is 32.3 Å². The van der Waals surface area contributed by atoms with Gasteiger partial charge in [0.05, 0.1) is 10.7 Å². The Balaban J connectivity index is 1.91. The SMILES string of the molecule is Cc1nc(-c2ccccc2Cl)sc1C(=O)N1CCCCC1. The molecule has 3 nitrogen and oxygen atoms in total. The standard InChI is InChI=1S/C16H17ClN2OS/c1-11-14(16(20)19-9-5-2-6-10-19)21-15(18-11)12-7-3-4-8-13(12)17/h3-4,7-8H,2,5-6,9-10H2,1H3. The molecule has 1 aromatic carbocycles. The number of amides is 1. The fourth-order valence-electron chi connectivity index (χ4n) is 2.59. The summed E-state index contributed by atoms with van der Waals surface area (Å²) in [4.78, 5) is 19.8. The minimum Gasteiger partial charge on any atom is -0.338 e. The molecule has 0 saturated carbocycles. The lowest BCUT2D eigenvalue weighted by Gasteiger charge is -2.26. The molecule has 2 heterocycles. The van der Waals surface area contributed by atoms with E-state index in [2.05, 4.69) is 4.98 Å². The van der Waals surface area contributed by atoms with E-state index in [1.807, 2.05) is 36.1 Å². The van der Waals surface area contributed by atoms with Crippen LogP contribution in [-0.4, -0.2) is 28.9 Å². The molecule has 21 heavy (non-hydrogen) atoms. The number of aryl methyl sites for hydroxylation is 1. The molecule has 0 N–H and O–H groups in total. The van der Waals surface area contributed by atoms with E-state index in [9.17, 15) is 4.79 Å². The lowest BCUT2D eigenvalue weighted by atomic mass is 10.1. The summed E-state index contributed by atoms with van der Waals surface area (Å²) >= 11 is 7.66. The van der Waals surface area contributed by atoms with Crippen molar-refractivity contribution in [2.75, 3.05) is 13.1 Å². The highest BCUT2D eigenvalue weighted by atomic mass is 35.5. The molecule has 1 aromatic heterocycles. The van der Waals surface area contributed by atoms with E-state index >= 15 is 0 Å². The van der Waals surface area contributed by atoms with E-state index in [-0.39, 0.29) is 5.91 Å². The van der Waals surface area contributed by atoms with E-state index in [0.29, 0.717) is 5.02 Å². The Hall–Kier alpha value is -1.39. The van der Waals surface area contributed by atoms with Gasteiger partial charge in [0.2, 0.25) is 0 Å². The average molecular weight is 321 g/mol. The molecule has 0 aliphatic carbocycles. The molecule has 1 amide bonds. The van der Waals surface area contributed by atoms with Crippen molar-refractivity contribution in [1.29, 1.82) is 0 Å². The summed E-state index contributed by atoms with van der Waals surface area (Å²) in [6.45, 7) is 3.61. The molecule has 0 unspecified atom stereocenters. The fraction of sp³-hybridized carbons (Fsp3) is 0.375. The Morgan fingerprint density at radius 3 is 2.67 bits per heavy atom. The summed E-state index contributed by atoms with van der Waals surface area (Å²) in [5.41, 5.74) is 1.69. The van der Waals surface area contributed by atoms with E-state index in [0.717, 1.165) is 47.1 Å². The lowest BCUT2D eigenvalue weighted by molar-refractivity contribution is 0.0728. The molecule has 1 fully saturated rings. The van der Waals surface area contributed by atoms with Crippen molar-refractivity contribution in [3.05, 3.63) is 39.9 Å². The fourth-order valence-corrected chi connectivity index (χ4v) is 3.94. The third kappa shape index (κ3) is 2.97. The molecule has 1 aliphatic rings. The summed E-state index contributed by atoms with van der Waals surface area (Å²) in [6.07, 6.45) is 3.41. The quantitative estimate of drug-likeness (QED) is 0.821. The van der Waals surface area contributed by atoms with E-state index in [4.69, 9.17) is 11.6 Å². The zero-order valence-corrected chi connectivity index (χ0v) is 13.5. The number of hydrogen-bond donors (Lipinski definition) is 0. The van der Waals surface area contributed by atoms with Crippen LogP contribution in [0.5, 0.6) is 0 Å². The first-order valence-electron chi connectivity index (χ1n) is 7.18. The first kappa shape index (κ1) is 14.5. The number of piperidine rings is 1. The number of carbonyl (C=O) groups excluding carboxylic acids is 1. The van der Waals surface area contributed by atoms with Crippen molar-refractivity contribution < 1.29 is 4.79 Å². The highest BCUT2D eigenvalue weighted by Crippen LogP contribution is 2.33. The van der Waals surface area contributed by atoms with Crippen LogP contribution in [0.2, 0.25) is 5.02 Å². The Morgan fingerprint density at radius 2 is 1.95 bits per heavy atom. The molecule has 110 valence electrons. The first-order valence-corrected chi connectivity index (χ1v) is 8.38. The maximum atomic E-state index is 12.6. The van der Waals surface area contributed by atoms with Crippen LogP contribution in [-0.2, 0) is 0 Å². The molecule has 0 atom stereocenters. The second-order valence-electron chi connectivity index (χ2n) is 5.27. The number of benzene rings is 1. The van der Waals surface area contributed by atoms with Gasteiger partial charge in [-0.3, -0.25) is 4.79 Å². The van der Waals surface area contributed by atoms with Crippen molar-refractivity contribution in [2.45, 2.75) is 26.2 Å². The van der Waals surface area contributed by atoms with Gasteiger partial charge in [0.1, 0.15) is 9.88 Å². The summed E-state index contributed by atoms with van der Waals surface area (Å²) in [5.74, 6) is 0.114. The number of halogens is 1. The lowest BCUT2D eigenvalue weighted by Crippen LogP contribution is -2.35. The van der Waals surface area contributed by atoms with Crippen LogP contribution >= 0.6 is 22.9 Å². The van der Waals surface area contributed by atoms with Crippen molar-refractivity contribution in [3.8, 4) is 10.6 Å². The molecule has 0 bridgehead atoms. The molecule has 5 heteroatoms. The molecular weight excluding hydrogens is 304 g/mol. The normalized spacial score (nSPS) is 15.2. The highest BCUT2D eigenvalue weighted by molar-refractivity contribution is 7.17. The topological polar surface area (TPSA) is 33.2 Å². The zero-order chi connectivity index (χ0) is 14.8. The molecule has 0 radical (unpaired) electrons. The Labute approximate surface area is 133 Å². The smallest absolute Gasteiger partial charge is 0.265 e. The summed E-state index contributed by atoms with van der Waals surface area (Å²) in [5, 5.41) is 1.49. The number of likely N-dealkylation sites (tertiary alicyclic amines) is 1. The largest absolute Gasteiger partial charge is 0.338 e. The number of hydrogen-bond acceptors (Lipinski definition) is 3. The maximum absolute atomic E-state index is 12.6. The Bertz CT molecular complexity index is 662. The highest BCUT2D eigenvalue weighted by Gasteiger charge is 2.23. The summed E-state index contributed by atoms with van der Waals surface area (Å²) < 4.78 is 0. The Morgan fingerprint density at radius 1 is 1.24 bits per heavy atom. The maximum Gasteiger partial charge on any atom is 0.265 e. The molecule has 1 saturated heterocycles. The van der Waals surface area contributed by atoms with E-state index < -0.39 is 0 Å². The van der Waals surface area contributed by atoms with Crippen LogP contribution in [0.25, 0.3) is 10.6 Å². The second kappa shape index (κ2) is 6.16. The molecule has 1 aliphatic heterocycles. The number of aromatic nitrogens is 1. The van der Waals surface area contributed by atoms with Crippen LogP contribution in [0.4, 0.5) is 0 Å². The van der Waals surface area contributed by atoms with Crippen molar-refractivity contribution in [3.63, 3.8) is 0 Å². The molecule has 2 aromatic rings. The van der Waals surface area contributed by atoms with Gasteiger partial charge in [-0.25, -0.2) is 4.98 Å². The number of thiazole rings is 1. The van der Waals surface area contributed by atoms with Gasteiger partial charge >= 0.3 is 0 Å². The monoisotopic (exact) mass is 320 g/mol. The van der Waals surface area contributed by atoms with Gasteiger partial charge in [0.25, 0.3) is 5.91 Å². The van der Waals surface area contributed by atoms with E-state index in [1.165, 1.54) is 17.8 Å². The van der Waals surface area contributed by atoms with Gasteiger partial charge in [-0.15, -0.1) is 11.3 Å². The third-order valence-corrected chi connectivity index (χ3v) is 5.25. The third-order valence-electron chi connectivity index (χ3n) is 3.74. The summed E-state index contributed by atoms with van der Waals surface area (Å²) in [6, 6.07) is 7.62. The van der Waals surface area contributed by atoms with Gasteiger partial charge in [-0.2, -0.15) is 0 Å². The van der Waals surface area contributed by atoms with Crippen molar-refractivity contribution in [1.82, 2.24) is 9.88 Å². The predicted octanol–water partition coefficient (Wildman–Crippen LogP) is 4.40. The van der Waals surface area contributed by atoms with Crippen LogP contribution in [0.3, 0.4) is 0 Å². The van der Waals surface area contributed by atoms with Crippen LogP contribution in [0, 0.1) is 6.92 Å². The van der Waals surface area contributed by atoms with Gasteiger partial charge < -0.3 is 4.90 Å². The number of carbonyl (C=O) groups is 1. The number of nitrogens with zero attached hydrogens (tertiary/aromatic N) is 2. The second-order valence-corrected chi connectivity index (χ2v) is 6.67. The van der Waals surface area contributed by atoms with Crippen LogP contribution in [0.15, 0.2) is 24.3 Å². The first-order chi connectivity index (χ1) is 10.2. The predicted molar refractivity (Wildman–Crippen MR) is 87.1 cm³/mol. The van der Waals surface area contributed by atoms with Crippen LogP contribution < -0.4 is 0 Å². The van der Waals surface area contributed by atoms with Gasteiger partial charge in [0, 0.05) is 18.7 Å². The average Bonchev–Trinajstić information content (AvgIpc) is 2.89. The Kier molecular flexibility index (Phi) is 4.27. The minimum atomic E-state index is 0.114. The molecule has 3 rings (SSSR count). The number of rotatable bonds is 2. The van der Waals surface area contributed by atoms with Crippen molar-refractivity contribution >= 4 is 28.8 Å². The zero-order valence-electron chi connectivity index (χ0n) is 11.9. The van der Waals surface area contributed by atoms with Gasteiger partial charge in [0.15, 0.2) is 0 Å².